The molecule has 224 valence electrons. The molecule has 15 nitrogen and oxygen atoms in total. The second-order valence-electron chi connectivity index (χ2n) is 10.9. The average molecular weight is 603 g/mol. The summed E-state index contributed by atoms with van der Waals surface area (Å²) in [5.41, 5.74) is 6.02. The summed E-state index contributed by atoms with van der Waals surface area (Å²) in [6.07, 6.45) is 0.859. The number of thioether (sulfide) groups is 1. The number of carboxylic acid groups (broad SMARTS) is 1. The number of β-lactam (4-membered cyclic amide) rings is 1. The number of carbonyl (C=O) groups is 4. The van der Waals surface area contributed by atoms with Gasteiger partial charge in [-0.05, 0) is 26.8 Å². The molecule has 0 aromatic heterocycles. The van der Waals surface area contributed by atoms with E-state index in [2.05, 4.69) is 20.7 Å². The number of hydrogen-bond acceptors (Lipinski definition) is 10. The zero-order chi connectivity index (χ0) is 29.5. The number of likely N-dealkylation sites (N-methyl/N-ethyl adjacent to an activating group) is 1. The highest BCUT2D eigenvalue weighted by atomic mass is 32.2. The molecule has 0 saturated carbocycles. The maximum atomic E-state index is 13.3. The standard InChI is InChI=1S/C23H38N8O7S2/c1-10-18-17(11(2)29-16(32)8-26-3)22(34)31(18)19(23(35)36)20(10)39-14-5-15(27-7-14)21(33)30-9-12(24)4-13(30)6-28-40(25,37)38/h10-15,17-18,26-28H,4-9,24H2,1-3H3,(H,29,32)(H,35,36)(H2,25,37,38)/t10-,11-,12+,13+,14+,15+,17-,18+/m1/s1. The molecule has 0 bridgehead atoms. The van der Waals surface area contributed by atoms with Gasteiger partial charge in [0.15, 0.2) is 0 Å². The van der Waals surface area contributed by atoms with E-state index in [-0.39, 0.29) is 59.8 Å². The Kier molecular flexibility index (Phi) is 9.13. The lowest BCUT2D eigenvalue weighted by Crippen LogP contribution is -2.66. The number of amides is 3. The van der Waals surface area contributed by atoms with Gasteiger partial charge >= 0.3 is 5.97 Å². The first-order valence-corrected chi connectivity index (χ1v) is 15.6. The highest BCUT2D eigenvalue weighted by Crippen LogP contribution is 2.51. The highest BCUT2D eigenvalue weighted by Gasteiger charge is 2.60. The van der Waals surface area contributed by atoms with Gasteiger partial charge in [0.05, 0.1) is 24.5 Å². The second kappa shape index (κ2) is 11.9. The van der Waals surface area contributed by atoms with Crippen LogP contribution in [0.3, 0.4) is 0 Å². The number of nitrogens with one attached hydrogen (secondary N) is 4. The Hall–Kier alpha value is -2.28. The van der Waals surface area contributed by atoms with E-state index in [1.807, 2.05) is 6.92 Å². The number of aliphatic carboxylic acids is 1. The van der Waals surface area contributed by atoms with Crippen molar-refractivity contribution in [2.24, 2.45) is 22.7 Å². The van der Waals surface area contributed by atoms with E-state index in [0.29, 0.717) is 30.8 Å². The van der Waals surface area contributed by atoms with E-state index >= 15 is 0 Å². The molecular formula is C23H38N8O7S2. The predicted molar refractivity (Wildman–Crippen MR) is 146 cm³/mol. The lowest BCUT2D eigenvalue weighted by Gasteiger charge is -2.47. The van der Waals surface area contributed by atoms with Gasteiger partial charge in [-0.25, -0.2) is 14.7 Å². The Morgan fingerprint density at radius 3 is 2.60 bits per heavy atom. The summed E-state index contributed by atoms with van der Waals surface area (Å²) < 4.78 is 24.9. The van der Waals surface area contributed by atoms with Crippen LogP contribution in [0, 0.1) is 11.8 Å². The van der Waals surface area contributed by atoms with Crippen LogP contribution < -0.4 is 31.5 Å². The Labute approximate surface area is 237 Å². The summed E-state index contributed by atoms with van der Waals surface area (Å²) in [4.78, 5) is 54.2. The molecule has 0 aliphatic carbocycles. The van der Waals surface area contributed by atoms with Gasteiger partial charge in [-0.15, -0.1) is 11.8 Å². The SMILES string of the molecule is CNCC(=O)N[C@H](C)[C@H]1C(=O)N2C(C(=O)O)=C(S[C@@H]3CN[C@H](C(=O)N4C[C@@H](N)C[C@H]4CNS(N)(=O)=O)C3)[C@H](C)[C@@H]12. The molecule has 0 spiro atoms. The number of nitrogens with two attached hydrogens (primary N) is 2. The van der Waals surface area contributed by atoms with Crippen LogP contribution >= 0.6 is 11.8 Å². The van der Waals surface area contributed by atoms with Gasteiger partial charge < -0.3 is 36.6 Å². The lowest BCUT2D eigenvalue weighted by molar-refractivity contribution is -0.158. The minimum Gasteiger partial charge on any atom is -0.477 e. The molecule has 9 N–H and O–H groups in total. The Bertz CT molecular complexity index is 1200. The van der Waals surface area contributed by atoms with Gasteiger partial charge in [0.1, 0.15) is 5.70 Å². The van der Waals surface area contributed by atoms with Crippen molar-refractivity contribution in [3.8, 4) is 0 Å². The lowest BCUT2D eigenvalue weighted by atomic mass is 9.78. The molecular weight excluding hydrogens is 564 g/mol. The number of nitrogens with zero attached hydrogens (tertiary/aromatic N) is 2. The smallest absolute Gasteiger partial charge is 0.353 e. The van der Waals surface area contributed by atoms with E-state index < -0.39 is 40.2 Å². The summed E-state index contributed by atoms with van der Waals surface area (Å²) in [5.74, 6) is -2.77. The van der Waals surface area contributed by atoms with E-state index in [1.54, 1.807) is 18.9 Å². The molecule has 3 fully saturated rings. The molecule has 3 saturated heterocycles. The minimum absolute atomic E-state index is 0.0319. The highest BCUT2D eigenvalue weighted by molar-refractivity contribution is 8.03. The van der Waals surface area contributed by atoms with Crippen LogP contribution in [0.1, 0.15) is 26.7 Å². The van der Waals surface area contributed by atoms with Crippen molar-refractivity contribution in [3.63, 3.8) is 0 Å². The predicted octanol–water partition coefficient (Wildman–Crippen LogP) is -3.33. The van der Waals surface area contributed by atoms with E-state index in [9.17, 15) is 32.7 Å². The minimum atomic E-state index is -3.92. The molecule has 17 heteroatoms. The molecule has 0 unspecified atom stereocenters. The van der Waals surface area contributed by atoms with Crippen molar-refractivity contribution < 1.29 is 32.7 Å². The largest absolute Gasteiger partial charge is 0.477 e. The summed E-state index contributed by atoms with van der Waals surface area (Å²) >= 11 is 1.36. The molecule has 8 atom stereocenters. The summed E-state index contributed by atoms with van der Waals surface area (Å²) in [6.45, 7) is 4.45. The van der Waals surface area contributed by atoms with Gasteiger partial charge in [-0.1, -0.05) is 6.92 Å². The van der Waals surface area contributed by atoms with E-state index in [4.69, 9.17) is 10.9 Å². The second-order valence-corrected chi connectivity index (χ2v) is 13.6. The van der Waals surface area contributed by atoms with Gasteiger partial charge in [0.2, 0.25) is 17.7 Å². The van der Waals surface area contributed by atoms with Gasteiger partial charge in [0, 0.05) is 53.8 Å². The Balaban J connectivity index is 1.42. The monoisotopic (exact) mass is 602 g/mol. The van der Waals surface area contributed by atoms with Crippen LogP contribution in [0.4, 0.5) is 0 Å². The van der Waals surface area contributed by atoms with Crippen LogP contribution in [-0.4, -0.2) is 116 Å². The van der Waals surface area contributed by atoms with Crippen molar-refractivity contribution >= 4 is 45.7 Å². The molecule has 4 rings (SSSR count). The normalized spacial score (nSPS) is 32.7. The first-order valence-electron chi connectivity index (χ1n) is 13.2. The third-order valence-corrected chi connectivity index (χ3v) is 10.1. The van der Waals surface area contributed by atoms with Crippen molar-refractivity contribution in [1.29, 1.82) is 0 Å². The zero-order valence-electron chi connectivity index (χ0n) is 22.6. The average Bonchev–Trinajstić information content (AvgIpc) is 3.53. The number of fused-ring (bicyclic) bond motifs is 1. The van der Waals surface area contributed by atoms with Crippen LogP contribution in [0.25, 0.3) is 0 Å². The Morgan fingerprint density at radius 2 is 1.98 bits per heavy atom. The topological polar surface area (TPSA) is 229 Å². The van der Waals surface area contributed by atoms with Crippen molar-refractivity contribution in [1.82, 2.24) is 30.5 Å². The number of hydrogen-bond donors (Lipinski definition) is 7. The molecule has 4 heterocycles. The fourth-order valence-corrected chi connectivity index (χ4v) is 8.14. The summed E-state index contributed by atoms with van der Waals surface area (Å²) in [6, 6.07) is -2.09. The third-order valence-electron chi connectivity index (χ3n) is 7.99. The fourth-order valence-electron chi connectivity index (χ4n) is 6.24. The fraction of sp³-hybridized carbons (Fsp3) is 0.739. The first kappa shape index (κ1) is 30.7. The van der Waals surface area contributed by atoms with Gasteiger partial charge in [0.25, 0.3) is 10.2 Å². The van der Waals surface area contributed by atoms with Crippen molar-refractivity contribution in [2.75, 3.05) is 33.2 Å². The molecule has 3 amide bonds. The quantitative estimate of drug-likeness (QED) is 0.116. The third kappa shape index (κ3) is 6.14. The summed E-state index contributed by atoms with van der Waals surface area (Å²) in [5, 5.41) is 23.7. The molecule has 0 aromatic rings. The van der Waals surface area contributed by atoms with Gasteiger partial charge in [-0.2, -0.15) is 8.42 Å². The number of carbonyl (C=O) groups excluding carboxylic acids is 3. The van der Waals surface area contributed by atoms with Crippen LogP contribution in [0.2, 0.25) is 0 Å². The van der Waals surface area contributed by atoms with Gasteiger partial charge in [-0.3, -0.25) is 14.4 Å². The van der Waals surface area contributed by atoms with Crippen LogP contribution in [0.5, 0.6) is 0 Å². The number of carboxylic acids is 1. The Morgan fingerprint density at radius 1 is 1.27 bits per heavy atom. The first-order chi connectivity index (χ1) is 18.7. The molecule has 0 radical (unpaired) electrons. The van der Waals surface area contributed by atoms with Crippen LogP contribution in [-0.2, 0) is 29.4 Å². The molecule has 0 aromatic carbocycles. The molecule has 4 aliphatic heterocycles. The summed E-state index contributed by atoms with van der Waals surface area (Å²) in [7, 11) is -2.27. The number of likely N-dealkylation sites (tertiary alicyclic amines) is 1. The van der Waals surface area contributed by atoms with E-state index in [0.717, 1.165) is 0 Å². The molecule has 40 heavy (non-hydrogen) atoms. The number of rotatable bonds is 11. The van der Waals surface area contributed by atoms with E-state index in [1.165, 1.54) is 16.7 Å². The zero-order valence-corrected chi connectivity index (χ0v) is 24.3. The van der Waals surface area contributed by atoms with Crippen molar-refractivity contribution in [3.05, 3.63) is 10.6 Å². The van der Waals surface area contributed by atoms with Crippen LogP contribution in [0.15, 0.2) is 10.6 Å². The molecule has 4 aliphatic rings. The maximum absolute atomic E-state index is 13.3. The van der Waals surface area contributed by atoms with Crippen molar-refractivity contribution in [2.45, 2.75) is 62.1 Å². The maximum Gasteiger partial charge on any atom is 0.353 e.